The van der Waals surface area contributed by atoms with Crippen LogP contribution in [0.3, 0.4) is 0 Å². The molecular formula is C24H27FN5O2PS. The number of nitrogens with zero attached hydrogens (tertiary/aromatic N) is 1. The van der Waals surface area contributed by atoms with Crippen molar-refractivity contribution in [2.75, 3.05) is 5.73 Å². The SMILES string of the molecule is CC.N=C(/C(O)=C(\C(=O)NCc1ccc(F)cc1)C(N)=Nc1ccc(N)cc1P)c1ccsc1. The maximum atomic E-state index is 13.1. The van der Waals surface area contributed by atoms with E-state index in [1.54, 1.807) is 35.0 Å². The number of hydrogen-bond donors (Lipinski definition) is 5. The molecule has 178 valence electrons. The highest BCUT2D eigenvalue weighted by molar-refractivity contribution is 7.28. The van der Waals surface area contributed by atoms with Crippen LogP contribution in [0.2, 0.25) is 0 Å². The number of nitrogen functional groups attached to an aromatic ring is 1. The summed E-state index contributed by atoms with van der Waals surface area (Å²) in [7, 11) is 2.47. The summed E-state index contributed by atoms with van der Waals surface area (Å²) in [6.45, 7) is 4.06. The molecule has 0 spiro atoms. The average molecular weight is 500 g/mol. The van der Waals surface area contributed by atoms with Gasteiger partial charge in [0.05, 0.1) is 5.69 Å². The molecule has 3 aromatic rings. The third-order valence-electron chi connectivity index (χ3n) is 4.43. The molecule has 0 radical (unpaired) electrons. The van der Waals surface area contributed by atoms with Crippen molar-refractivity contribution in [3.63, 3.8) is 0 Å². The lowest BCUT2D eigenvalue weighted by atomic mass is 10.1. The first-order valence-corrected chi connectivity index (χ1v) is 11.8. The maximum Gasteiger partial charge on any atom is 0.259 e. The Balaban J connectivity index is 0.00000199. The van der Waals surface area contributed by atoms with Crippen LogP contribution in [0.25, 0.3) is 0 Å². The first kappa shape index (κ1) is 26.7. The molecule has 1 amide bonds. The summed E-state index contributed by atoms with van der Waals surface area (Å²) in [6.07, 6.45) is 0. The van der Waals surface area contributed by atoms with Gasteiger partial charge in [-0.1, -0.05) is 26.0 Å². The number of halogens is 1. The molecule has 0 aliphatic rings. The molecular weight excluding hydrogens is 472 g/mol. The van der Waals surface area contributed by atoms with Crippen molar-refractivity contribution in [2.45, 2.75) is 20.4 Å². The molecule has 7 nitrogen and oxygen atoms in total. The van der Waals surface area contributed by atoms with Gasteiger partial charge in [-0.2, -0.15) is 11.3 Å². The van der Waals surface area contributed by atoms with E-state index in [0.717, 1.165) is 0 Å². The Hall–Kier alpha value is -3.55. The number of carbonyl (C=O) groups excluding carboxylic acids is 1. The van der Waals surface area contributed by atoms with Crippen molar-refractivity contribution in [3.05, 3.63) is 87.6 Å². The van der Waals surface area contributed by atoms with E-state index in [9.17, 15) is 14.3 Å². The second kappa shape index (κ2) is 12.6. The van der Waals surface area contributed by atoms with Crippen molar-refractivity contribution >= 4 is 54.7 Å². The predicted octanol–water partition coefficient (Wildman–Crippen LogP) is 4.18. The third kappa shape index (κ3) is 6.97. The van der Waals surface area contributed by atoms with Gasteiger partial charge in [-0.3, -0.25) is 10.2 Å². The Morgan fingerprint density at radius 1 is 1.21 bits per heavy atom. The van der Waals surface area contributed by atoms with E-state index in [2.05, 4.69) is 19.5 Å². The van der Waals surface area contributed by atoms with Gasteiger partial charge >= 0.3 is 0 Å². The molecule has 7 N–H and O–H groups in total. The molecule has 1 aromatic heterocycles. The molecule has 10 heteroatoms. The van der Waals surface area contributed by atoms with Gasteiger partial charge in [-0.05, 0) is 52.6 Å². The van der Waals surface area contributed by atoms with E-state index in [1.807, 2.05) is 13.8 Å². The first-order valence-electron chi connectivity index (χ1n) is 10.3. The highest BCUT2D eigenvalue weighted by atomic mass is 32.1. The number of rotatable bonds is 7. The quantitative estimate of drug-likeness (QED) is 0.0831. The number of thiophene rings is 1. The fourth-order valence-electron chi connectivity index (χ4n) is 2.75. The Kier molecular flexibility index (Phi) is 9.92. The smallest absolute Gasteiger partial charge is 0.259 e. The maximum absolute atomic E-state index is 13.1. The molecule has 1 unspecified atom stereocenters. The normalized spacial score (nSPS) is 11.7. The van der Waals surface area contributed by atoms with E-state index in [4.69, 9.17) is 16.9 Å². The van der Waals surface area contributed by atoms with Crippen molar-refractivity contribution in [1.82, 2.24) is 5.32 Å². The zero-order valence-corrected chi connectivity index (χ0v) is 20.8. The van der Waals surface area contributed by atoms with E-state index in [-0.39, 0.29) is 23.7 Å². The van der Waals surface area contributed by atoms with Gasteiger partial charge in [0, 0.05) is 23.2 Å². The largest absolute Gasteiger partial charge is 0.505 e. The van der Waals surface area contributed by atoms with E-state index in [0.29, 0.717) is 27.8 Å². The topological polar surface area (TPSA) is 138 Å². The molecule has 1 heterocycles. The second-order valence-corrected chi connectivity index (χ2v) is 8.14. The van der Waals surface area contributed by atoms with Gasteiger partial charge in [0.2, 0.25) is 0 Å². The van der Waals surface area contributed by atoms with Crippen LogP contribution in [0.1, 0.15) is 25.0 Å². The summed E-state index contributed by atoms with van der Waals surface area (Å²) in [5.41, 5.74) is 13.3. The van der Waals surface area contributed by atoms with Crippen molar-refractivity contribution in [1.29, 1.82) is 5.41 Å². The number of aliphatic hydroxyl groups is 1. The number of anilines is 1. The number of aliphatic hydroxyl groups excluding tert-OH is 1. The van der Waals surface area contributed by atoms with Gasteiger partial charge in [0.15, 0.2) is 5.76 Å². The Bertz CT molecular complexity index is 1210. The van der Waals surface area contributed by atoms with Crippen LogP contribution in [0.4, 0.5) is 15.8 Å². The number of nitrogens with one attached hydrogen (secondary N) is 2. The lowest BCUT2D eigenvalue weighted by molar-refractivity contribution is -0.117. The van der Waals surface area contributed by atoms with Gasteiger partial charge in [0.25, 0.3) is 5.91 Å². The van der Waals surface area contributed by atoms with Crippen molar-refractivity contribution < 1.29 is 14.3 Å². The minimum atomic E-state index is -0.728. The third-order valence-corrected chi connectivity index (χ3v) is 5.57. The highest BCUT2D eigenvalue weighted by Crippen LogP contribution is 2.19. The summed E-state index contributed by atoms with van der Waals surface area (Å²) in [5, 5.41) is 25.8. The van der Waals surface area contributed by atoms with Crippen LogP contribution in [0.15, 0.2) is 75.6 Å². The lowest BCUT2D eigenvalue weighted by Gasteiger charge is -2.13. The molecule has 34 heavy (non-hydrogen) atoms. The standard InChI is InChI=1S/C22H21FN5O2PS.C2H6/c23-14-3-1-12(2-4-14)10-27-22(30)18(20(29)19(25)13-7-8-32-11-13)21(26)28-16-6-5-15(24)9-17(16)31;1-2/h1-9,11,25,29H,10,24,31H2,(H2,26,28)(H,27,30);1-2H3/b20-18+,25-19?;. The number of amides is 1. The average Bonchev–Trinajstić information content (AvgIpc) is 3.36. The summed E-state index contributed by atoms with van der Waals surface area (Å²) >= 11 is 1.35. The van der Waals surface area contributed by atoms with Crippen molar-refractivity contribution in [2.24, 2.45) is 10.7 Å². The number of hydrogen-bond acceptors (Lipinski definition) is 6. The van der Waals surface area contributed by atoms with E-state index in [1.165, 1.54) is 35.6 Å². The summed E-state index contributed by atoms with van der Waals surface area (Å²) < 4.78 is 13.1. The number of allylic oxidation sites excluding steroid dienone is 1. The minimum absolute atomic E-state index is 0.0612. The molecule has 0 saturated heterocycles. The number of amidine groups is 1. The monoisotopic (exact) mass is 499 g/mol. The summed E-state index contributed by atoms with van der Waals surface area (Å²) in [5.74, 6) is -2.00. The lowest BCUT2D eigenvalue weighted by Crippen LogP contribution is -2.34. The minimum Gasteiger partial charge on any atom is -0.505 e. The molecule has 0 fully saturated rings. The van der Waals surface area contributed by atoms with Crippen LogP contribution < -0.4 is 22.1 Å². The van der Waals surface area contributed by atoms with Crippen LogP contribution in [0.5, 0.6) is 0 Å². The molecule has 0 saturated carbocycles. The van der Waals surface area contributed by atoms with E-state index >= 15 is 0 Å². The van der Waals surface area contributed by atoms with Gasteiger partial charge < -0.3 is 21.9 Å². The Morgan fingerprint density at radius 3 is 2.47 bits per heavy atom. The van der Waals surface area contributed by atoms with Crippen LogP contribution in [0, 0.1) is 11.2 Å². The predicted molar refractivity (Wildman–Crippen MR) is 142 cm³/mol. The Labute approximate surface area is 204 Å². The fraction of sp³-hybridized carbons (Fsp3) is 0.125. The van der Waals surface area contributed by atoms with Gasteiger partial charge in [-0.15, -0.1) is 9.24 Å². The number of benzene rings is 2. The second-order valence-electron chi connectivity index (χ2n) is 6.74. The van der Waals surface area contributed by atoms with Crippen molar-refractivity contribution in [3.8, 4) is 0 Å². The van der Waals surface area contributed by atoms with Gasteiger partial charge in [-0.25, -0.2) is 9.38 Å². The summed E-state index contributed by atoms with van der Waals surface area (Å²) in [4.78, 5) is 17.3. The molecule has 0 bridgehead atoms. The van der Waals surface area contributed by atoms with Crippen LogP contribution in [-0.2, 0) is 11.3 Å². The zero-order valence-electron chi connectivity index (χ0n) is 18.8. The number of carbonyl (C=O) groups is 1. The van der Waals surface area contributed by atoms with Gasteiger partial charge in [0.1, 0.15) is 22.9 Å². The first-order chi connectivity index (χ1) is 16.3. The van der Waals surface area contributed by atoms with E-state index < -0.39 is 17.5 Å². The number of nitrogens with two attached hydrogens (primary N) is 2. The summed E-state index contributed by atoms with van der Waals surface area (Å²) in [6, 6.07) is 12.2. The highest BCUT2D eigenvalue weighted by Gasteiger charge is 2.23. The molecule has 0 aliphatic heterocycles. The Morgan fingerprint density at radius 2 is 1.88 bits per heavy atom. The molecule has 3 rings (SSSR count). The van der Waals surface area contributed by atoms with Crippen LogP contribution in [-0.4, -0.2) is 22.6 Å². The molecule has 2 aromatic carbocycles. The number of aliphatic imine (C=N–C) groups is 1. The zero-order chi connectivity index (χ0) is 25.3. The molecule has 0 aliphatic carbocycles. The fourth-order valence-corrected chi connectivity index (χ4v) is 3.75. The molecule has 1 atom stereocenters. The van der Waals surface area contributed by atoms with Crippen LogP contribution >= 0.6 is 20.6 Å².